The van der Waals surface area contributed by atoms with Crippen LogP contribution in [0.25, 0.3) is 0 Å². The Morgan fingerprint density at radius 3 is 2.33 bits per heavy atom. The van der Waals surface area contributed by atoms with Crippen LogP contribution in [0.3, 0.4) is 0 Å². The van der Waals surface area contributed by atoms with Gasteiger partial charge in [-0.25, -0.2) is 0 Å². The maximum Gasteiger partial charge on any atom is 0.115 e. The van der Waals surface area contributed by atoms with Gasteiger partial charge >= 0.3 is 0 Å². The summed E-state index contributed by atoms with van der Waals surface area (Å²) in [6.07, 6.45) is 3.56. The monoisotopic (exact) mass is 301 g/mol. The van der Waals surface area contributed by atoms with Crippen LogP contribution in [0.5, 0.6) is 5.75 Å². The highest BCUT2D eigenvalue weighted by molar-refractivity contribution is 6.30. The van der Waals surface area contributed by atoms with Crippen LogP contribution in [0.4, 0.5) is 0 Å². The van der Waals surface area contributed by atoms with E-state index >= 15 is 0 Å². The average molecular weight is 302 g/mol. The van der Waals surface area contributed by atoms with Gasteiger partial charge in [-0.1, -0.05) is 35.9 Å². The zero-order valence-corrected chi connectivity index (χ0v) is 12.7. The minimum atomic E-state index is 0.317. The predicted molar refractivity (Wildman–Crippen MR) is 87.0 cm³/mol. The van der Waals surface area contributed by atoms with Crippen molar-refractivity contribution < 1.29 is 5.11 Å². The molecule has 0 aromatic heterocycles. The second-order valence-corrected chi connectivity index (χ2v) is 6.24. The van der Waals surface area contributed by atoms with Crippen LogP contribution in [-0.2, 0) is 6.42 Å². The van der Waals surface area contributed by atoms with Crippen LogP contribution in [-0.4, -0.2) is 17.7 Å². The van der Waals surface area contributed by atoms with E-state index in [1.54, 1.807) is 12.1 Å². The lowest BCUT2D eigenvalue weighted by atomic mass is 9.92. The van der Waals surface area contributed by atoms with E-state index in [2.05, 4.69) is 17.4 Å². The summed E-state index contributed by atoms with van der Waals surface area (Å²) in [5.41, 5.74) is 2.55. The molecule has 0 heterocycles. The number of nitrogens with one attached hydrogen (secondary N) is 1. The highest BCUT2D eigenvalue weighted by Gasteiger charge is 2.22. The number of rotatable bonds is 6. The molecule has 110 valence electrons. The van der Waals surface area contributed by atoms with Crippen molar-refractivity contribution in [2.24, 2.45) is 0 Å². The molecule has 3 heteroatoms. The highest BCUT2D eigenvalue weighted by atomic mass is 35.5. The van der Waals surface area contributed by atoms with Crippen molar-refractivity contribution in [2.45, 2.75) is 31.2 Å². The Bertz CT molecular complexity index is 575. The average Bonchev–Trinajstić information content (AvgIpc) is 3.31. The van der Waals surface area contributed by atoms with Gasteiger partial charge in [0.2, 0.25) is 0 Å². The van der Waals surface area contributed by atoms with E-state index in [4.69, 9.17) is 11.6 Å². The Hall–Kier alpha value is -1.51. The Kier molecular flexibility index (Phi) is 4.47. The van der Waals surface area contributed by atoms with Crippen LogP contribution in [0, 0.1) is 0 Å². The smallest absolute Gasteiger partial charge is 0.115 e. The maximum atomic E-state index is 9.40. The van der Waals surface area contributed by atoms with Crippen molar-refractivity contribution in [1.29, 1.82) is 0 Å². The summed E-state index contributed by atoms with van der Waals surface area (Å²) in [4.78, 5) is 0. The van der Waals surface area contributed by atoms with E-state index in [1.807, 2.05) is 24.3 Å². The number of aromatic hydroxyl groups is 1. The van der Waals surface area contributed by atoms with Crippen LogP contribution >= 0.6 is 11.6 Å². The van der Waals surface area contributed by atoms with Gasteiger partial charge < -0.3 is 10.4 Å². The fourth-order valence-corrected chi connectivity index (χ4v) is 2.68. The van der Waals surface area contributed by atoms with Gasteiger partial charge in [0, 0.05) is 23.5 Å². The Morgan fingerprint density at radius 2 is 1.71 bits per heavy atom. The molecular weight excluding hydrogens is 282 g/mol. The quantitative estimate of drug-likeness (QED) is 0.841. The molecule has 1 aliphatic carbocycles. The summed E-state index contributed by atoms with van der Waals surface area (Å²) < 4.78 is 0. The first kappa shape index (κ1) is 14.4. The molecule has 0 bridgehead atoms. The summed E-state index contributed by atoms with van der Waals surface area (Å²) in [7, 11) is 0. The van der Waals surface area contributed by atoms with Gasteiger partial charge in [-0.2, -0.15) is 0 Å². The summed E-state index contributed by atoms with van der Waals surface area (Å²) in [5, 5.41) is 13.8. The molecule has 2 N–H and O–H groups in total. The van der Waals surface area contributed by atoms with Gasteiger partial charge in [0.25, 0.3) is 0 Å². The molecule has 1 aliphatic rings. The summed E-state index contributed by atoms with van der Waals surface area (Å²) in [6.45, 7) is 0.979. The van der Waals surface area contributed by atoms with E-state index in [0.717, 1.165) is 18.0 Å². The van der Waals surface area contributed by atoms with E-state index in [9.17, 15) is 5.11 Å². The normalized spacial score (nSPS) is 15.9. The van der Waals surface area contributed by atoms with Crippen molar-refractivity contribution in [3.63, 3.8) is 0 Å². The summed E-state index contributed by atoms with van der Waals surface area (Å²) in [6, 6.07) is 16.3. The van der Waals surface area contributed by atoms with Crippen molar-refractivity contribution in [3.05, 3.63) is 64.7 Å². The predicted octanol–water partition coefficient (Wildman–Crippen LogP) is 4.12. The van der Waals surface area contributed by atoms with Crippen molar-refractivity contribution in [3.8, 4) is 5.75 Å². The zero-order chi connectivity index (χ0) is 14.7. The lowest BCUT2D eigenvalue weighted by Crippen LogP contribution is -2.24. The molecule has 0 saturated heterocycles. The van der Waals surface area contributed by atoms with Gasteiger partial charge in [-0.3, -0.25) is 0 Å². The first-order valence-corrected chi connectivity index (χ1v) is 7.85. The van der Waals surface area contributed by atoms with Crippen LogP contribution in [0.1, 0.15) is 29.9 Å². The topological polar surface area (TPSA) is 32.3 Å². The van der Waals surface area contributed by atoms with Crippen LogP contribution in [0.15, 0.2) is 48.5 Å². The minimum absolute atomic E-state index is 0.317. The second kappa shape index (κ2) is 6.50. The molecule has 2 aromatic carbocycles. The molecule has 1 saturated carbocycles. The number of benzene rings is 2. The molecular formula is C18H20ClNO. The van der Waals surface area contributed by atoms with E-state index in [1.165, 1.54) is 24.0 Å². The Morgan fingerprint density at radius 1 is 1.05 bits per heavy atom. The second-order valence-electron chi connectivity index (χ2n) is 5.80. The fraction of sp³-hybridized carbons (Fsp3) is 0.333. The Balaban J connectivity index is 1.73. The number of phenols is 1. The van der Waals surface area contributed by atoms with Crippen molar-refractivity contribution >= 4 is 11.6 Å². The molecule has 2 aromatic rings. The number of halogens is 1. The number of hydrogen-bond acceptors (Lipinski definition) is 2. The minimum Gasteiger partial charge on any atom is -0.508 e. The van der Waals surface area contributed by atoms with Crippen LogP contribution < -0.4 is 5.32 Å². The molecule has 0 amide bonds. The number of phenolic OH excluding ortho intramolecular Hbond substituents is 1. The van der Waals surface area contributed by atoms with E-state index in [-0.39, 0.29) is 0 Å². The van der Waals surface area contributed by atoms with Crippen molar-refractivity contribution in [1.82, 2.24) is 5.32 Å². The van der Waals surface area contributed by atoms with Gasteiger partial charge in [0.15, 0.2) is 0 Å². The maximum absolute atomic E-state index is 9.40. The van der Waals surface area contributed by atoms with Gasteiger partial charge in [-0.15, -0.1) is 0 Å². The number of hydrogen-bond donors (Lipinski definition) is 2. The van der Waals surface area contributed by atoms with E-state index in [0.29, 0.717) is 17.7 Å². The largest absolute Gasteiger partial charge is 0.508 e. The first-order chi connectivity index (χ1) is 10.2. The lowest BCUT2D eigenvalue weighted by Gasteiger charge is -2.18. The molecule has 0 radical (unpaired) electrons. The first-order valence-electron chi connectivity index (χ1n) is 7.47. The standard InChI is InChI=1S/C18H20ClNO/c19-16-5-3-14(4-6-16)15(12-20-17-7-8-17)11-13-1-9-18(21)10-2-13/h1-6,9-10,15,17,20-21H,7-8,11-12H2. The van der Waals surface area contributed by atoms with E-state index < -0.39 is 0 Å². The Labute approximate surface area is 130 Å². The highest BCUT2D eigenvalue weighted by Crippen LogP contribution is 2.25. The van der Waals surface area contributed by atoms with Gasteiger partial charge in [-0.05, 0) is 54.7 Å². The molecule has 21 heavy (non-hydrogen) atoms. The van der Waals surface area contributed by atoms with Crippen molar-refractivity contribution in [2.75, 3.05) is 6.54 Å². The third kappa shape index (κ3) is 4.23. The zero-order valence-electron chi connectivity index (χ0n) is 11.9. The fourth-order valence-electron chi connectivity index (χ4n) is 2.56. The van der Waals surface area contributed by atoms with Gasteiger partial charge in [0.1, 0.15) is 5.75 Å². The third-order valence-electron chi connectivity index (χ3n) is 3.99. The third-order valence-corrected chi connectivity index (χ3v) is 4.24. The molecule has 0 aliphatic heterocycles. The molecule has 1 fully saturated rings. The molecule has 2 nitrogen and oxygen atoms in total. The molecule has 1 atom stereocenters. The summed E-state index contributed by atoms with van der Waals surface area (Å²) in [5.74, 6) is 0.741. The molecule has 0 spiro atoms. The SMILES string of the molecule is Oc1ccc(CC(CNC2CC2)c2ccc(Cl)cc2)cc1. The van der Waals surface area contributed by atoms with Crippen LogP contribution in [0.2, 0.25) is 5.02 Å². The van der Waals surface area contributed by atoms with Gasteiger partial charge in [0.05, 0.1) is 0 Å². The molecule has 1 unspecified atom stereocenters. The lowest BCUT2D eigenvalue weighted by molar-refractivity contribution is 0.475. The summed E-state index contributed by atoms with van der Waals surface area (Å²) >= 11 is 5.99. The molecule has 3 rings (SSSR count).